The number of nitrogens with one attached hydrogen (secondary N) is 2. The van der Waals surface area contributed by atoms with Gasteiger partial charge >= 0.3 is 0 Å². The van der Waals surface area contributed by atoms with E-state index in [1.165, 1.54) is 0 Å². The lowest BCUT2D eigenvalue weighted by atomic mass is 9.97. The largest absolute Gasteiger partial charge is 0.352 e. The Labute approximate surface area is 135 Å². The van der Waals surface area contributed by atoms with E-state index >= 15 is 0 Å². The van der Waals surface area contributed by atoms with Crippen molar-refractivity contribution in [3.63, 3.8) is 0 Å². The molecule has 0 saturated carbocycles. The molecular weight excluding hydrogens is 286 g/mol. The first-order valence-corrected chi connectivity index (χ1v) is 7.72. The molecule has 0 radical (unpaired) electrons. The second-order valence-corrected chi connectivity index (χ2v) is 5.34. The number of hydrogen-bond donors (Lipinski definition) is 2. The Balaban J connectivity index is 1.93. The van der Waals surface area contributed by atoms with Gasteiger partial charge in [0.05, 0.1) is 5.69 Å². The maximum Gasteiger partial charge on any atom is 0.219 e. The Morgan fingerprint density at radius 2 is 1.91 bits per heavy atom. The number of carbonyl (C=O) groups is 1. The van der Waals surface area contributed by atoms with Crippen LogP contribution < -0.4 is 5.32 Å². The summed E-state index contributed by atoms with van der Waals surface area (Å²) in [7, 11) is 0. The lowest BCUT2D eigenvalue weighted by Crippen LogP contribution is -2.21. The van der Waals surface area contributed by atoms with Gasteiger partial charge in [0.1, 0.15) is 0 Å². The van der Waals surface area contributed by atoms with Crippen molar-refractivity contribution in [3.8, 4) is 22.4 Å². The normalized spacial score (nSPS) is 10.5. The highest BCUT2D eigenvalue weighted by Crippen LogP contribution is 2.27. The second-order valence-electron chi connectivity index (χ2n) is 5.34. The van der Waals surface area contributed by atoms with E-state index in [1.807, 2.05) is 37.3 Å². The van der Waals surface area contributed by atoms with Crippen molar-refractivity contribution in [2.24, 2.45) is 0 Å². The van der Waals surface area contributed by atoms with Crippen LogP contribution in [0.4, 0.5) is 0 Å². The number of aromatic nitrogens is 2. The number of amides is 1. The van der Waals surface area contributed by atoms with Gasteiger partial charge in [-0.05, 0) is 28.8 Å². The van der Waals surface area contributed by atoms with Gasteiger partial charge in [-0.3, -0.25) is 9.89 Å². The maximum atomic E-state index is 11.5. The molecule has 0 fully saturated rings. The van der Waals surface area contributed by atoms with E-state index in [0.29, 0.717) is 13.0 Å². The second kappa shape index (κ2) is 6.92. The summed E-state index contributed by atoms with van der Waals surface area (Å²) in [5.41, 5.74) is 5.44. The van der Waals surface area contributed by atoms with Crippen LogP contribution in [0.1, 0.15) is 18.9 Å². The van der Waals surface area contributed by atoms with Gasteiger partial charge in [-0.15, -0.1) is 0 Å². The molecule has 2 N–H and O–H groups in total. The van der Waals surface area contributed by atoms with Crippen molar-refractivity contribution >= 4 is 5.91 Å². The molecule has 0 spiro atoms. The standard InChI is InChI=1S/C19H19N3O/c1-2-19(23)20-13-16-6-3-4-9-17(16)14-7-5-8-15(12-14)18-10-11-21-22-18/h3-12H,2,13H2,1H3,(H,20,23)(H,21,22). The monoisotopic (exact) mass is 305 g/mol. The minimum absolute atomic E-state index is 0.0611. The first kappa shape index (κ1) is 15.0. The quantitative estimate of drug-likeness (QED) is 0.754. The molecule has 4 heteroatoms. The van der Waals surface area contributed by atoms with E-state index in [-0.39, 0.29) is 5.91 Å². The molecular formula is C19H19N3O. The third kappa shape index (κ3) is 3.48. The van der Waals surface area contributed by atoms with E-state index in [0.717, 1.165) is 27.9 Å². The Kier molecular flexibility index (Phi) is 4.52. The lowest BCUT2D eigenvalue weighted by molar-refractivity contribution is -0.120. The summed E-state index contributed by atoms with van der Waals surface area (Å²) in [5, 5.41) is 9.94. The van der Waals surface area contributed by atoms with Crippen molar-refractivity contribution in [3.05, 3.63) is 66.4 Å². The molecule has 0 unspecified atom stereocenters. The van der Waals surface area contributed by atoms with Gasteiger partial charge in [0.2, 0.25) is 5.91 Å². The van der Waals surface area contributed by atoms with Crippen molar-refractivity contribution in [1.29, 1.82) is 0 Å². The van der Waals surface area contributed by atoms with E-state index in [2.05, 4.69) is 39.8 Å². The van der Waals surface area contributed by atoms with Gasteiger partial charge in [-0.2, -0.15) is 5.10 Å². The van der Waals surface area contributed by atoms with Crippen LogP contribution in [-0.4, -0.2) is 16.1 Å². The third-order valence-corrected chi connectivity index (χ3v) is 3.80. The summed E-state index contributed by atoms with van der Waals surface area (Å²) >= 11 is 0. The summed E-state index contributed by atoms with van der Waals surface area (Å²) in [6.07, 6.45) is 2.24. The molecule has 0 aliphatic carbocycles. The van der Waals surface area contributed by atoms with Gasteiger partial charge in [0.25, 0.3) is 0 Å². The predicted octanol–water partition coefficient (Wildman–Crippen LogP) is 3.77. The van der Waals surface area contributed by atoms with Crippen molar-refractivity contribution in [2.75, 3.05) is 0 Å². The summed E-state index contributed by atoms with van der Waals surface area (Å²) in [6.45, 7) is 2.40. The topological polar surface area (TPSA) is 57.8 Å². The summed E-state index contributed by atoms with van der Waals surface area (Å²) in [5.74, 6) is 0.0611. The first-order valence-electron chi connectivity index (χ1n) is 7.72. The number of H-pyrrole nitrogens is 1. The smallest absolute Gasteiger partial charge is 0.219 e. The van der Waals surface area contributed by atoms with Crippen LogP contribution >= 0.6 is 0 Å². The zero-order chi connectivity index (χ0) is 16.1. The fourth-order valence-electron chi connectivity index (χ4n) is 2.55. The van der Waals surface area contributed by atoms with Crippen molar-refractivity contribution < 1.29 is 4.79 Å². The maximum absolute atomic E-state index is 11.5. The van der Waals surface area contributed by atoms with Crippen LogP contribution in [0, 0.1) is 0 Å². The molecule has 0 saturated heterocycles. The van der Waals surface area contributed by atoms with Crippen LogP contribution in [0.25, 0.3) is 22.4 Å². The van der Waals surface area contributed by atoms with E-state index < -0.39 is 0 Å². The Bertz CT molecular complexity index is 794. The molecule has 0 aliphatic heterocycles. The van der Waals surface area contributed by atoms with Gasteiger partial charge < -0.3 is 5.32 Å². The zero-order valence-corrected chi connectivity index (χ0v) is 13.0. The molecule has 1 aromatic heterocycles. The van der Waals surface area contributed by atoms with Crippen LogP contribution in [0.5, 0.6) is 0 Å². The molecule has 23 heavy (non-hydrogen) atoms. The molecule has 2 aromatic carbocycles. The fraction of sp³-hybridized carbons (Fsp3) is 0.158. The third-order valence-electron chi connectivity index (χ3n) is 3.80. The minimum Gasteiger partial charge on any atom is -0.352 e. The van der Waals surface area contributed by atoms with Crippen molar-refractivity contribution in [1.82, 2.24) is 15.5 Å². The Morgan fingerprint density at radius 3 is 2.70 bits per heavy atom. The highest BCUT2D eigenvalue weighted by atomic mass is 16.1. The molecule has 0 aliphatic rings. The number of benzene rings is 2. The highest BCUT2D eigenvalue weighted by molar-refractivity contribution is 5.77. The van der Waals surface area contributed by atoms with Gasteiger partial charge in [0.15, 0.2) is 0 Å². The Hall–Kier alpha value is -2.88. The number of rotatable bonds is 5. The van der Waals surface area contributed by atoms with Crippen molar-refractivity contribution in [2.45, 2.75) is 19.9 Å². The van der Waals surface area contributed by atoms with E-state index in [4.69, 9.17) is 0 Å². The molecule has 116 valence electrons. The SMILES string of the molecule is CCC(=O)NCc1ccccc1-c1cccc(-c2ccn[nH]2)c1. The fourth-order valence-corrected chi connectivity index (χ4v) is 2.55. The number of hydrogen-bond acceptors (Lipinski definition) is 2. The highest BCUT2D eigenvalue weighted by Gasteiger charge is 2.07. The molecule has 3 aromatic rings. The average molecular weight is 305 g/mol. The summed E-state index contributed by atoms with van der Waals surface area (Å²) in [4.78, 5) is 11.5. The van der Waals surface area contributed by atoms with E-state index in [9.17, 15) is 4.79 Å². The number of carbonyl (C=O) groups excluding carboxylic acids is 1. The molecule has 3 rings (SSSR count). The van der Waals surface area contributed by atoms with Crippen LogP contribution in [0.3, 0.4) is 0 Å². The Morgan fingerprint density at radius 1 is 1.09 bits per heavy atom. The van der Waals surface area contributed by atoms with Gasteiger partial charge in [-0.25, -0.2) is 0 Å². The molecule has 1 heterocycles. The number of nitrogens with zero attached hydrogens (tertiary/aromatic N) is 1. The van der Waals surface area contributed by atoms with E-state index in [1.54, 1.807) is 6.20 Å². The van der Waals surface area contributed by atoms with Crippen LogP contribution in [-0.2, 0) is 11.3 Å². The molecule has 4 nitrogen and oxygen atoms in total. The van der Waals surface area contributed by atoms with Crippen LogP contribution in [0.15, 0.2) is 60.8 Å². The molecule has 0 atom stereocenters. The summed E-state index contributed by atoms with van der Waals surface area (Å²) in [6, 6.07) is 18.4. The average Bonchev–Trinajstić information content (AvgIpc) is 3.14. The molecule has 0 bridgehead atoms. The van der Waals surface area contributed by atoms with Gasteiger partial charge in [0, 0.05) is 24.7 Å². The van der Waals surface area contributed by atoms with Gasteiger partial charge in [-0.1, -0.05) is 49.4 Å². The number of aromatic amines is 1. The summed E-state index contributed by atoms with van der Waals surface area (Å²) < 4.78 is 0. The lowest BCUT2D eigenvalue weighted by Gasteiger charge is -2.11. The predicted molar refractivity (Wildman–Crippen MR) is 91.6 cm³/mol. The molecule has 1 amide bonds. The minimum atomic E-state index is 0.0611. The zero-order valence-electron chi connectivity index (χ0n) is 13.0. The van der Waals surface area contributed by atoms with Crippen LogP contribution in [0.2, 0.25) is 0 Å². The first-order chi connectivity index (χ1) is 11.3.